The molecule has 0 spiro atoms. The van der Waals surface area contributed by atoms with E-state index in [0.717, 1.165) is 12.8 Å². The maximum absolute atomic E-state index is 11.3. The molecule has 0 heterocycles. The van der Waals surface area contributed by atoms with Crippen molar-refractivity contribution < 1.29 is 26.7 Å². The van der Waals surface area contributed by atoms with Crippen molar-refractivity contribution in [3.8, 4) is 0 Å². The van der Waals surface area contributed by atoms with Crippen LogP contribution in [0.3, 0.4) is 0 Å². The van der Waals surface area contributed by atoms with Crippen LogP contribution in [0.15, 0.2) is 0 Å². The molecule has 0 unspecified atom stereocenters. The third-order valence-corrected chi connectivity index (χ3v) is 3.98. The van der Waals surface area contributed by atoms with Crippen molar-refractivity contribution in [2.45, 2.75) is 84.0 Å². The first-order valence-corrected chi connectivity index (χ1v) is 10.1. The van der Waals surface area contributed by atoms with E-state index >= 15 is 0 Å². The Morgan fingerprint density at radius 1 is 0.826 bits per heavy atom. The van der Waals surface area contributed by atoms with E-state index in [4.69, 9.17) is 9.29 Å². The van der Waals surface area contributed by atoms with E-state index in [1.54, 1.807) is 0 Å². The van der Waals surface area contributed by atoms with Crippen molar-refractivity contribution in [3.63, 3.8) is 0 Å². The molecule has 0 aromatic heterocycles. The van der Waals surface area contributed by atoms with Crippen LogP contribution in [0.1, 0.15) is 84.0 Å². The average molecular weight is 352 g/mol. The number of ether oxygens (including phenoxy) is 1. The number of rotatable bonds is 16. The van der Waals surface area contributed by atoms with Crippen LogP contribution in [0.4, 0.5) is 0 Å². The topological polar surface area (TPSA) is 89.9 Å². The molecule has 0 saturated carbocycles. The number of unbranched alkanes of at least 4 members (excludes halogenated alkanes) is 9. The van der Waals surface area contributed by atoms with Crippen LogP contribution in [0, 0.1) is 0 Å². The average Bonchev–Trinajstić information content (AvgIpc) is 2.48. The Morgan fingerprint density at radius 2 is 1.35 bits per heavy atom. The van der Waals surface area contributed by atoms with Crippen LogP contribution in [0.5, 0.6) is 0 Å². The summed E-state index contributed by atoms with van der Waals surface area (Å²) in [5.74, 6) is -0.361. The number of carbonyl (C=O) groups is 1. The lowest BCUT2D eigenvalue weighted by molar-refractivity contribution is -0.144. The van der Waals surface area contributed by atoms with Crippen LogP contribution in [-0.2, 0) is 24.1 Å². The summed E-state index contributed by atoms with van der Waals surface area (Å²) in [6.45, 7) is 2.42. The van der Waals surface area contributed by atoms with Crippen LogP contribution in [0.2, 0.25) is 0 Å². The molecule has 0 rings (SSSR count). The van der Waals surface area contributed by atoms with Crippen LogP contribution < -0.4 is 0 Å². The molecule has 0 saturated heterocycles. The summed E-state index contributed by atoms with van der Waals surface area (Å²) in [6.07, 6.45) is 12.6. The molecule has 0 aliphatic heterocycles. The van der Waals surface area contributed by atoms with Gasteiger partial charge in [-0.25, -0.2) is 4.18 Å². The summed E-state index contributed by atoms with van der Waals surface area (Å²) in [7, 11) is -4.41. The fourth-order valence-electron chi connectivity index (χ4n) is 2.23. The van der Waals surface area contributed by atoms with E-state index in [0.29, 0.717) is 6.61 Å². The quantitative estimate of drug-likeness (QED) is 0.256. The molecular formula is C16H32O6S. The van der Waals surface area contributed by atoms with Crippen LogP contribution in [0.25, 0.3) is 0 Å². The minimum absolute atomic E-state index is 0.0906. The van der Waals surface area contributed by atoms with Crippen molar-refractivity contribution in [3.05, 3.63) is 0 Å². The number of carbonyl (C=O) groups excluding carboxylic acids is 1. The summed E-state index contributed by atoms with van der Waals surface area (Å²) in [4.78, 5) is 11.3. The van der Waals surface area contributed by atoms with Gasteiger partial charge < -0.3 is 4.74 Å². The minimum Gasteiger partial charge on any atom is -0.466 e. The molecule has 23 heavy (non-hydrogen) atoms. The second kappa shape index (κ2) is 14.9. The molecular weight excluding hydrogens is 320 g/mol. The van der Waals surface area contributed by atoms with Crippen molar-refractivity contribution in [2.75, 3.05) is 13.2 Å². The highest BCUT2D eigenvalue weighted by atomic mass is 32.3. The Hall–Kier alpha value is -0.660. The first-order valence-electron chi connectivity index (χ1n) is 8.73. The first kappa shape index (κ1) is 22.3. The normalized spacial score (nSPS) is 11.6. The molecule has 0 atom stereocenters. The van der Waals surface area contributed by atoms with E-state index in [1.807, 2.05) is 0 Å². The molecule has 0 aliphatic rings. The zero-order chi connectivity index (χ0) is 17.4. The summed E-state index contributed by atoms with van der Waals surface area (Å²) in [5, 5.41) is 0. The number of hydrogen-bond donors (Lipinski definition) is 1. The SMILES string of the molecule is CCCCCCCCCCCCOC(=O)CCCOS(=O)(=O)O. The maximum atomic E-state index is 11.3. The minimum atomic E-state index is -4.41. The van der Waals surface area contributed by atoms with Gasteiger partial charge in [-0.3, -0.25) is 9.35 Å². The Morgan fingerprint density at radius 3 is 1.87 bits per heavy atom. The molecule has 138 valence electrons. The van der Waals surface area contributed by atoms with E-state index in [-0.39, 0.29) is 25.4 Å². The van der Waals surface area contributed by atoms with Gasteiger partial charge in [0.1, 0.15) is 0 Å². The van der Waals surface area contributed by atoms with Gasteiger partial charge in [-0.15, -0.1) is 0 Å². The van der Waals surface area contributed by atoms with Gasteiger partial charge in [0.2, 0.25) is 0 Å². The highest BCUT2D eigenvalue weighted by molar-refractivity contribution is 7.80. The van der Waals surface area contributed by atoms with E-state index < -0.39 is 10.4 Å². The van der Waals surface area contributed by atoms with Gasteiger partial charge in [0.05, 0.1) is 13.2 Å². The Balaban J connectivity index is 3.23. The Kier molecular flexibility index (Phi) is 14.5. The van der Waals surface area contributed by atoms with E-state index in [2.05, 4.69) is 11.1 Å². The summed E-state index contributed by atoms with van der Waals surface area (Å²) >= 11 is 0. The number of hydrogen-bond acceptors (Lipinski definition) is 5. The van der Waals surface area contributed by atoms with E-state index in [1.165, 1.54) is 51.4 Å². The van der Waals surface area contributed by atoms with Gasteiger partial charge in [-0.2, -0.15) is 8.42 Å². The lowest BCUT2D eigenvalue weighted by Gasteiger charge is -2.05. The highest BCUT2D eigenvalue weighted by Crippen LogP contribution is 2.10. The van der Waals surface area contributed by atoms with Gasteiger partial charge in [-0.05, 0) is 12.8 Å². The van der Waals surface area contributed by atoms with Gasteiger partial charge in [-0.1, -0.05) is 64.7 Å². The van der Waals surface area contributed by atoms with Crippen LogP contribution in [-0.4, -0.2) is 32.2 Å². The molecule has 0 fully saturated rings. The Labute approximate surface area is 140 Å². The smallest absolute Gasteiger partial charge is 0.397 e. The maximum Gasteiger partial charge on any atom is 0.397 e. The highest BCUT2D eigenvalue weighted by Gasteiger charge is 2.06. The van der Waals surface area contributed by atoms with Crippen molar-refractivity contribution >= 4 is 16.4 Å². The monoisotopic (exact) mass is 352 g/mol. The molecule has 6 nitrogen and oxygen atoms in total. The van der Waals surface area contributed by atoms with Crippen molar-refractivity contribution in [1.82, 2.24) is 0 Å². The fraction of sp³-hybridized carbons (Fsp3) is 0.938. The van der Waals surface area contributed by atoms with Crippen molar-refractivity contribution in [1.29, 1.82) is 0 Å². The fourth-order valence-corrected chi connectivity index (χ4v) is 2.56. The lowest BCUT2D eigenvalue weighted by Crippen LogP contribution is -2.09. The van der Waals surface area contributed by atoms with Gasteiger partial charge in [0.25, 0.3) is 0 Å². The van der Waals surface area contributed by atoms with Gasteiger partial charge in [0, 0.05) is 6.42 Å². The third-order valence-electron chi connectivity index (χ3n) is 3.52. The lowest BCUT2D eigenvalue weighted by atomic mass is 10.1. The molecule has 7 heteroatoms. The van der Waals surface area contributed by atoms with Gasteiger partial charge in [0.15, 0.2) is 0 Å². The molecule has 0 bridgehead atoms. The third kappa shape index (κ3) is 19.3. The molecule has 0 aromatic rings. The molecule has 1 N–H and O–H groups in total. The van der Waals surface area contributed by atoms with Gasteiger partial charge >= 0.3 is 16.4 Å². The molecule has 0 aliphatic carbocycles. The Bertz CT molecular complexity index is 380. The summed E-state index contributed by atoms with van der Waals surface area (Å²) < 4.78 is 38.0. The number of esters is 1. The standard InChI is InChI=1S/C16H32O6S/c1-2-3-4-5-6-7-8-9-10-11-14-21-16(17)13-12-15-22-23(18,19)20/h2-15H2,1H3,(H,18,19,20). The predicted octanol–water partition coefficient (Wildman–Crippen LogP) is 4.05. The van der Waals surface area contributed by atoms with E-state index in [9.17, 15) is 13.2 Å². The second-order valence-electron chi connectivity index (χ2n) is 5.76. The largest absolute Gasteiger partial charge is 0.466 e. The molecule has 0 amide bonds. The zero-order valence-corrected chi connectivity index (χ0v) is 15.1. The summed E-state index contributed by atoms with van der Waals surface area (Å²) in [6, 6.07) is 0. The first-order chi connectivity index (χ1) is 11.0. The molecule has 0 radical (unpaired) electrons. The zero-order valence-electron chi connectivity index (χ0n) is 14.3. The second-order valence-corrected chi connectivity index (χ2v) is 6.85. The predicted molar refractivity (Wildman–Crippen MR) is 89.5 cm³/mol. The van der Waals surface area contributed by atoms with Crippen molar-refractivity contribution in [2.24, 2.45) is 0 Å². The van der Waals surface area contributed by atoms with Crippen LogP contribution >= 0.6 is 0 Å². The molecule has 0 aromatic carbocycles. The summed E-state index contributed by atoms with van der Waals surface area (Å²) in [5.41, 5.74) is 0.